The first kappa shape index (κ1) is 18.6. The van der Waals surface area contributed by atoms with Crippen LogP contribution in [0.2, 0.25) is 0 Å². The number of aliphatic hydroxyl groups excluding tert-OH is 1. The molecule has 8 heteroatoms. The van der Waals surface area contributed by atoms with E-state index < -0.39 is 11.7 Å². The van der Waals surface area contributed by atoms with Crippen molar-refractivity contribution < 1.29 is 14.6 Å². The molecule has 0 saturated heterocycles. The van der Waals surface area contributed by atoms with Gasteiger partial charge in [-0.25, -0.2) is 0 Å². The maximum Gasteiger partial charge on any atom is 0.254 e. The number of aromatic nitrogens is 4. The van der Waals surface area contributed by atoms with E-state index in [9.17, 15) is 9.90 Å². The summed E-state index contributed by atoms with van der Waals surface area (Å²) in [7, 11) is 1.79. The van der Waals surface area contributed by atoms with Crippen LogP contribution in [0.3, 0.4) is 0 Å². The van der Waals surface area contributed by atoms with Crippen molar-refractivity contribution in [3.8, 4) is 0 Å². The molecule has 2 aromatic heterocycles. The van der Waals surface area contributed by atoms with Crippen LogP contribution >= 0.6 is 0 Å². The highest BCUT2D eigenvalue weighted by Crippen LogP contribution is 2.24. The molecule has 142 valence electrons. The minimum atomic E-state index is -0.846. The molecule has 1 aliphatic rings. The monoisotopic (exact) mass is 361 g/mol. The first-order chi connectivity index (χ1) is 12.3. The third-order valence-corrected chi connectivity index (χ3v) is 4.76. The average Bonchev–Trinajstić information content (AvgIpc) is 3.14. The zero-order chi connectivity index (χ0) is 18.9. The van der Waals surface area contributed by atoms with Crippen molar-refractivity contribution in [1.29, 1.82) is 0 Å². The minimum Gasteiger partial charge on any atom is -0.380 e. The van der Waals surface area contributed by atoms with Crippen molar-refractivity contribution >= 4 is 5.91 Å². The summed E-state index contributed by atoms with van der Waals surface area (Å²) in [6.07, 6.45) is 1.62. The number of carbonyl (C=O) groups is 1. The first-order valence-electron chi connectivity index (χ1n) is 8.99. The molecule has 0 spiro atoms. The smallest absolute Gasteiger partial charge is 0.254 e. The lowest BCUT2D eigenvalue weighted by molar-refractivity contribution is -0.154. The zero-order valence-corrected chi connectivity index (χ0v) is 15.8. The number of amides is 1. The number of aryl methyl sites for hydroxylation is 2. The lowest BCUT2D eigenvalue weighted by atomic mass is 10.1. The summed E-state index contributed by atoms with van der Waals surface area (Å²) in [6.45, 7) is 7.83. The molecule has 8 nitrogen and oxygen atoms in total. The van der Waals surface area contributed by atoms with Gasteiger partial charge in [0.1, 0.15) is 11.7 Å². The Morgan fingerprint density at radius 1 is 1.42 bits per heavy atom. The van der Waals surface area contributed by atoms with E-state index in [1.54, 1.807) is 37.8 Å². The van der Waals surface area contributed by atoms with Gasteiger partial charge in [-0.15, -0.1) is 0 Å². The zero-order valence-electron chi connectivity index (χ0n) is 15.8. The quantitative estimate of drug-likeness (QED) is 0.866. The number of fused-ring (bicyclic) bond motifs is 1. The number of nitrogens with zero attached hydrogens (tertiary/aromatic N) is 5. The number of rotatable bonds is 5. The topological polar surface area (TPSA) is 85.4 Å². The van der Waals surface area contributed by atoms with Crippen LogP contribution in [0.25, 0.3) is 0 Å². The second-order valence-electron chi connectivity index (χ2n) is 7.09. The van der Waals surface area contributed by atoms with Gasteiger partial charge in [0.15, 0.2) is 0 Å². The van der Waals surface area contributed by atoms with E-state index in [4.69, 9.17) is 4.74 Å². The van der Waals surface area contributed by atoms with Crippen LogP contribution in [0.15, 0.2) is 18.3 Å². The molecule has 2 aromatic rings. The maximum atomic E-state index is 12.9. The average molecular weight is 361 g/mol. The summed E-state index contributed by atoms with van der Waals surface area (Å²) in [5.41, 5.74) is 1.33. The Morgan fingerprint density at radius 2 is 2.19 bits per heavy atom. The molecular formula is C18H27N5O3. The van der Waals surface area contributed by atoms with Crippen LogP contribution in [0, 0.1) is 0 Å². The Balaban J connectivity index is 1.82. The maximum absolute atomic E-state index is 12.9. The molecule has 0 fully saturated rings. The van der Waals surface area contributed by atoms with Crippen molar-refractivity contribution in [2.45, 2.75) is 52.0 Å². The first-order valence-corrected chi connectivity index (χ1v) is 8.99. The molecule has 1 N–H and O–H groups in total. The number of hydrogen-bond donors (Lipinski definition) is 1. The number of carbonyl (C=O) groups excluding carboxylic acids is 1. The summed E-state index contributed by atoms with van der Waals surface area (Å²) in [4.78, 5) is 14.7. The molecule has 0 aromatic carbocycles. The van der Waals surface area contributed by atoms with Crippen molar-refractivity contribution in [2.75, 3.05) is 13.2 Å². The third kappa shape index (κ3) is 3.52. The number of ether oxygens (including phenoxy) is 1. The van der Waals surface area contributed by atoms with Gasteiger partial charge >= 0.3 is 0 Å². The van der Waals surface area contributed by atoms with Crippen molar-refractivity contribution in [2.24, 2.45) is 7.05 Å². The molecule has 0 bridgehead atoms. The lowest BCUT2D eigenvalue weighted by Gasteiger charge is -2.30. The second-order valence-corrected chi connectivity index (χ2v) is 7.09. The SMILES string of the molecule is CCOC(C)(C)C(=O)N1CCCn2nc([C@H](O)c3ccnn3C)cc2C1. The summed E-state index contributed by atoms with van der Waals surface area (Å²) in [5.74, 6) is -0.0252. The molecule has 3 heterocycles. The fourth-order valence-corrected chi connectivity index (χ4v) is 3.40. The fourth-order valence-electron chi connectivity index (χ4n) is 3.40. The predicted molar refractivity (Wildman–Crippen MR) is 95.2 cm³/mol. The van der Waals surface area contributed by atoms with Crippen LogP contribution in [-0.4, -0.2) is 54.2 Å². The van der Waals surface area contributed by atoms with Crippen LogP contribution in [0.1, 0.15) is 50.4 Å². The molecule has 0 aliphatic carbocycles. The van der Waals surface area contributed by atoms with E-state index in [2.05, 4.69) is 10.2 Å². The molecule has 26 heavy (non-hydrogen) atoms. The van der Waals surface area contributed by atoms with Crippen molar-refractivity contribution in [3.05, 3.63) is 35.4 Å². The van der Waals surface area contributed by atoms with Gasteiger partial charge in [0.2, 0.25) is 0 Å². The largest absolute Gasteiger partial charge is 0.380 e. The second kappa shape index (κ2) is 7.20. The van der Waals surface area contributed by atoms with Gasteiger partial charge in [0.25, 0.3) is 5.91 Å². The Morgan fingerprint density at radius 3 is 2.85 bits per heavy atom. The summed E-state index contributed by atoms with van der Waals surface area (Å²) in [6, 6.07) is 3.65. The lowest BCUT2D eigenvalue weighted by Crippen LogP contribution is -2.46. The third-order valence-electron chi connectivity index (χ3n) is 4.76. The highest BCUT2D eigenvalue weighted by Gasteiger charge is 2.34. The predicted octanol–water partition coefficient (Wildman–Crippen LogP) is 1.25. The van der Waals surface area contributed by atoms with Crippen molar-refractivity contribution in [1.82, 2.24) is 24.5 Å². The summed E-state index contributed by atoms with van der Waals surface area (Å²) < 4.78 is 9.13. The van der Waals surface area contributed by atoms with E-state index in [1.807, 2.05) is 22.6 Å². The minimum absolute atomic E-state index is 0.0252. The molecule has 1 atom stereocenters. The molecule has 0 unspecified atom stereocenters. The highest BCUT2D eigenvalue weighted by atomic mass is 16.5. The van der Waals surface area contributed by atoms with Crippen LogP contribution in [0.5, 0.6) is 0 Å². The van der Waals surface area contributed by atoms with Crippen molar-refractivity contribution in [3.63, 3.8) is 0 Å². The Kier molecular flexibility index (Phi) is 5.15. The van der Waals surface area contributed by atoms with E-state index >= 15 is 0 Å². The summed E-state index contributed by atoms with van der Waals surface area (Å²) in [5, 5.41) is 19.3. The molecule has 0 saturated carbocycles. The Labute approximate surface area is 153 Å². The van der Waals surface area contributed by atoms with Gasteiger partial charge in [-0.05, 0) is 39.3 Å². The molecule has 0 radical (unpaired) electrons. The van der Waals surface area contributed by atoms with E-state index in [1.165, 1.54) is 0 Å². The van der Waals surface area contributed by atoms with Gasteiger partial charge in [-0.1, -0.05) is 0 Å². The van der Waals surface area contributed by atoms with Crippen LogP contribution in [-0.2, 0) is 29.7 Å². The van der Waals surface area contributed by atoms with Gasteiger partial charge < -0.3 is 14.7 Å². The van der Waals surface area contributed by atoms with E-state index in [0.717, 1.165) is 12.1 Å². The number of aliphatic hydroxyl groups is 1. The van der Waals surface area contributed by atoms with E-state index in [-0.39, 0.29) is 5.91 Å². The van der Waals surface area contributed by atoms with Crippen LogP contribution < -0.4 is 0 Å². The van der Waals surface area contributed by atoms with Gasteiger partial charge in [0, 0.05) is 32.9 Å². The highest BCUT2D eigenvalue weighted by molar-refractivity contribution is 5.84. The van der Waals surface area contributed by atoms with Gasteiger partial charge in [0.05, 0.1) is 23.6 Å². The summed E-state index contributed by atoms with van der Waals surface area (Å²) >= 11 is 0. The fraction of sp³-hybridized carbons (Fsp3) is 0.611. The Bertz CT molecular complexity index is 780. The molecular weight excluding hydrogens is 334 g/mol. The van der Waals surface area contributed by atoms with E-state index in [0.29, 0.717) is 37.6 Å². The van der Waals surface area contributed by atoms with Gasteiger partial charge in [-0.2, -0.15) is 10.2 Å². The standard InChI is InChI=1S/C18H27N5O3/c1-5-26-18(2,3)17(25)22-9-6-10-23-13(12-22)11-14(20-23)16(24)15-7-8-19-21(15)4/h7-8,11,16,24H,5-6,9-10,12H2,1-4H3/t16-/m0/s1. The van der Waals surface area contributed by atoms with Gasteiger partial charge in [-0.3, -0.25) is 14.2 Å². The Hall–Kier alpha value is -2.19. The molecule has 3 rings (SSSR count). The van der Waals surface area contributed by atoms with Crippen LogP contribution in [0.4, 0.5) is 0 Å². The molecule has 1 aliphatic heterocycles. The normalized spacial score (nSPS) is 16.3. The number of hydrogen-bond acceptors (Lipinski definition) is 5. The molecule has 1 amide bonds.